The SMILES string of the molecule is Cc1n[nH]c2ccc(OC[C@@H](O)CCNC(=O)N3CCOCC3)cc12. The van der Waals surface area contributed by atoms with Gasteiger partial charge in [0.05, 0.1) is 30.5 Å². The van der Waals surface area contributed by atoms with Crippen molar-refractivity contribution >= 4 is 16.9 Å². The zero-order valence-corrected chi connectivity index (χ0v) is 14.3. The van der Waals surface area contributed by atoms with Crippen LogP contribution in [0.3, 0.4) is 0 Å². The molecule has 1 aromatic carbocycles. The number of carbonyl (C=O) groups excluding carboxylic acids is 1. The molecule has 2 heterocycles. The Labute approximate surface area is 146 Å². The van der Waals surface area contributed by atoms with Gasteiger partial charge in [0.15, 0.2) is 0 Å². The lowest BCUT2D eigenvalue weighted by Gasteiger charge is -2.27. The zero-order chi connectivity index (χ0) is 17.6. The third-order valence-electron chi connectivity index (χ3n) is 4.22. The van der Waals surface area contributed by atoms with Crippen LogP contribution < -0.4 is 10.1 Å². The van der Waals surface area contributed by atoms with Crippen molar-refractivity contribution in [2.24, 2.45) is 0 Å². The van der Waals surface area contributed by atoms with Crippen LogP contribution in [-0.4, -0.2) is 71.8 Å². The molecule has 0 unspecified atom stereocenters. The number of aliphatic hydroxyl groups is 1. The average Bonchev–Trinajstić information content (AvgIpc) is 3.01. The molecule has 2 aromatic rings. The second kappa shape index (κ2) is 8.17. The van der Waals surface area contributed by atoms with E-state index in [1.807, 2.05) is 25.1 Å². The molecule has 0 spiro atoms. The van der Waals surface area contributed by atoms with Crippen LogP contribution in [0.5, 0.6) is 5.75 Å². The molecule has 3 N–H and O–H groups in total. The summed E-state index contributed by atoms with van der Waals surface area (Å²) in [6.07, 6.45) is -0.214. The standard InChI is InChI=1S/C17H24N4O4/c1-12-15-10-14(2-3-16(15)20-19-12)25-11-13(22)4-5-18-17(23)21-6-8-24-9-7-21/h2-3,10,13,22H,4-9,11H2,1H3,(H,18,23)(H,19,20)/t13-/m0/s1. The van der Waals surface area contributed by atoms with E-state index >= 15 is 0 Å². The minimum Gasteiger partial charge on any atom is -0.491 e. The smallest absolute Gasteiger partial charge is 0.317 e. The Hall–Kier alpha value is -2.32. The molecule has 136 valence electrons. The lowest BCUT2D eigenvalue weighted by molar-refractivity contribution is 0.0525. The molecule has 0 saturated carbocycles. The van der Waals surface area contributed by atoms with E-state index in [4.69, 9.17) is 9.47 Å². The van der Waals surface area contributed by atoms with Crippen molar-refractivity contribution in [3.8, 4) is 5.75 Å². The van der Waals surface area contributed by atoms with E-state index in [0.717, 1.165) is 16.6 Å². The van der Waals surface area contributed by atoms with Crippen LogP contribution in [0, 0.1) is 6.92 Å². The van der Waals surface area contributed by atoms with Crippen LogP contribution in [-0.2, 0) is 4.74 Å². The van der Waals surface area contributed by atoms with Crippen LogP contribution in [0.4, 0.5) is 4.79 Å². The maximum atomic E-state index is 11.9. The van der Waals surface area contributed by atoms with Crippen LogP contribution in [0.2, 0.25) is 0 Å². The highest BCUT2D eigenvalue weighted by Gasteiger charge is 2.16. The number of hydrogen-bond donors (Lipinski definition) is 3. The van der Waals surface area contributed by atoms with Crippen LogP contribution in [0.1, 0.15) is 12.1 Å². The van der Waals surface area contributed by atoms with E-state index in [1.165, 1.54) is 0 Å². The first-order valence-electron chi connectivity index (χ1n) is 8.49. The third-order valence-corrected chi connectivity index (χ3v) is 4.22. The summed E-state index contributed by atoms with van der Waals surface area (Å²) < 4.78 is 10.9. The largest absolute Gasteiger partial charge is 0.491 e. The lowest BCUT2D eigenvalue weighted by Crippen LogP contribution is -2.46. The van der Waals surface area contributed by atoms with Crippen molar-refractivity contribution in [1.82, 2.24) is 20.4 Å². The van der Waals surface area contributed by atoms with Gasteiger partial charge in [0.2, 0.25) is 0 Å². The Morgan fingerprint density at radius 3 is 3.08 bits per heavy atom. The van der Waals surface area contributed by atoms with Gasteiger partial charge in [-0.15, -0.1) is 0 Å². The fourth-order valence-corrected chi connectivity index (χ4v) is 2.71. The first kappa shape index (κ1) is 17.5. The molecule has 1 atom stereocenters. The van der Waals surface area contributed by atoms with Gasteiger partial charge in [0.1, 0.15) is 12.4 Å². The first-order valence-corrected chi connectivity index (χ1v) is 8.49. The summed E-state index contributed by atoms with van der Waals surface area (Å²) in [5.74, 6) is 0.688. The Bertz CT molecular complexity index is 712. The minimum absolute atomic E-state index is 0.114. The molecule has 8 nitrogen and oxygen atoms in total. The number of aryl methyl sites for hydroxylation is 1. The number of morpholine rings is 1. The molecule has 25 heavy (non-hydrogen) atoms. The molecule has 1 aliphatic heterocycles. The van der Waals surface area contributed by atoms with Crippen molar-refractivity contribution in [2.45, 2.75) is 19.4 Å². The quantitative estimate of drug-likeness (QED) is 0.724. The summed E-state index contributed by atoms with van der Waals surface area (Å²) in [5.41, 5.74) is 1.86. The number of nitrogens with one attached hydrogen (secondary N) is 2. The van der Waals surface area contributed by atoms with E-state index in [1.54, 1.807) is 4.90 Å². The van der Waals surface area contributed by atoms with Crippen LogP contribution in [0.25, 0.3) is 10.9 Å². The molecule has 1 saturated heterocycles. The molecule has 1 fully saturated rings. The van der Waals surface area contributed by atoms with Crippen molar-refractivity contribution in [3.05, 3.63) is 23.9 Å². The number of benzene rings is 1. The summed E-state index contributed by atoms with van der Waals surface area (Å²) in [5, 5.41) is 20.9. The van der Waals surface area contributed by atoms with Crippen LogP contribution >= 0.6 is 0 Å². The molecular weight excluding hydrogens is 324 g/mol. The number of aliphatic hydroxyl groups excluding tert-OH is 1. The molecule has 8 heteroatoms. The summed E-state index contributed by atoms with van der Waals surface area (Å²) >= 11 is 0. The van der Waals surface area contributed by atoms with E-state index in [2.05, 4.69) is 15.5 Å². The number of ether oxygens (including phenoxy) is 2. The average molecular weight is 348 g/mol. The number of fused-ring (bicyclic) bond motifs is 1. The predicted octanol–water partition coefficient (Wildman–Crippen LogP) is 1.04. The molecular formula is C17H24N4O4. The molecule has 0 bridgehead atoms. The van der Waals surface area contributed by atoms with Crippen molar-refractivity contribution < 1.29 is 19.4 Å². The lowest BCUT2D eigenvalue weighted by atomic mass is 10.2. The number of hydrogen-bond acceptors (Lipinski definition) is 5. The highest BCUT2D eigenvalue weighted by molar-refractivity contribution is 5.82. The normalized spacial score (nSPS) is 16.0. The Balaban J connectivity index is 1.39. The zero-order valence-electron chi connectivity index (χ0n) is 14.3. The number of aromatic amines is 1. The fourth-order valence-electron chi connectivity index (χ4n) is 2.71. The molecule has 2 amide bonds. The summed E-state index contributed by atoms with van der Waals surface area (Å²) in [7, 11) is 0. The van der Waals surface area contributed by atoms with Gasteiger partial charge < -0.3 is 24.8 Å². The second-order valence-electron chi connectivity index (χ2n) is 6.10. The van der Waals surface area contributed by atoms with E-state index in [-0.39, 0.29) is 12.6 Å². The Kier molecular flexibility index (Phi) is 5.72. The maximum Gasteiger partial charge on any atom is 0.317 e. The molecule has 3 rings (SSSR count). The highest BCUT2D eigenvalue weighted by atomic mass is 16.5. The number of H-pyrrole nitrogens is 1. The molecule has 0 radical (unpaired) electrons. The Morgan fingerprint density at radius 2 is 2.28 bits per heavy atom. The van der Waals surface area contributed by atoms with Crippen LogP contribution in [0.15, 0.2) is 18.2 Å². The predicted molar refractivity (Wildman–Crippen MR) is 92.7 cm³/mol. The summed E-state index contributed by atoms with van der Waals surface area (Å²) in [4.78, 5) is 13.6. The van der Waals surface area contributed by atoms with Crippen molar-refractivity contribution in [2.75, 3.05) is 39.5 Å². The van der Waals surface area contributed by atoms with E-state index in [0.29, 0.717) is 45.0 Å². The first-order chi connectivity index (χ1) is 12.1. The number of rotatable bonds is 6. The van der Waals surface area contributed by atoms with Gasteiger partial charge in [0, 0.05) is 25.0 Å². The van der Waals surface area contributed by atoms with E-state index < -0.39 is 6.10 Å². The fraction of sp³-hybridized carbons (Fsp3) is 0.529. The van der Waals surface area contributed by atoms with E-state index in [9.17, 15) is 9.90 Å². The van der Waals surface area contributed by atoms with Gasteiger partial charge in [-0.05, 0) is 31.5 Å². The maximum absolute atomic E-state index is 11.9. The van der Waals surface area contributed by atoms with Gasteiger partial charge in [-0.2, -0.15) is 5.10 Å². The van der Waals surface area contributed by atoms with Gasteiger partial charge in [-0.3, -0.25) is 5.10 Å². The molecule has 0 aliphatic carbocycles. The summed E-state index contributed by atoms with van der Waals surface area (Å²) in [6.45, 7) is 4.86. The number of carbonyl (C=O) groups is 1. The molecule has 1 aromatic heterocycles. The number of aromatic nitrogens is 2. The number of nitrogens with zero attached hydrogens (tertiary/aromatic N) is 2. The molecule has 1 aliphatic rings. The Morgan fingerprint density at radius 1 is 1.48 bits per heavy atom. The van der Waals surface area contributed by atoms with Gasteiger partial charge in [-0.25, -0.2) is 4.79 Å². The van der Waals surface area contributed by atoms with Gasteiger partial charge >= 0.3 is 6.03 Å². The van der Waals surface area contributed by atoms with Crippen molar-refractivity contribution in [1.29, 1.82) is 0 Å². The van der Waals surface area contributed by atoms with Gasteiger partial charge in [-0.1, -0.05) is 0 Å². The number of urea groups is 1. The van der Waals surface area contributed by atoms with Gasteiger partial charge in [0.25, 0.3) is 0 Å². The minimum atomic E-state index is -0.647. The van der Waals surface area contributed by atoms with Crippen molar-refractivity contribution in [3.63, 3.8) is 0 Å². The highest BCUT2D eigenvalue weighted by Crippen LogP contribution is 2.21. The topological polar surface area (TPSA) is 99.7 Å². The summed E-state index contributed by atoms with van der Waals surface area (Å²) in [6, 6.07) is 5.53. The monoisotopic (exact) mass is 348 g/mol. The number of amides is 2. The second-order valence-corrected chi connectivity index (χ2v) is 6.10. The third kappa shape index (κ3) is 4.61.